The van der Waals surface area contributed by atoms with E-state index >= 15 is 0 Å². The van der Waals surface area contributed by atoms with Gasteiger partial charge in [0.25, 0.3) is 0 Å². The summed E-state index contributed by atoms with van der Waals surface area (Å²) in [5.41, 5.74) is 7.99. The quantitative estimate of drug-likeness (QED) is 0.783. The van der Waals surface area contributed by atoms with E-state index in [4.69, 9.17) is 10.5 Å². The van der Waals surface area contributed by atoms with Crippen LogP contribution in [0.3, 0.4) is 0 Å². The van der Waals surface area contributed by atoms with Crippen LogP contribution in [0.4, 0.5) is 0 Å². The molecule has 19 heavy (non-hydrogen) atoms. The fraction of sp³-hybridized carbons (Fsp3) is 0.400. The Kier molecular flexibility index (Phi) is 4.58. The van der Waals surface area contributed by atoms with Gasteiger partial charge in [-0.3, -0.25) is 4.79 Å². The molecule has 102 valence electrons. The molecule has 0 saturated carbocycles. The average molecular weight is 260 g/mol. The van der Waals surface area contributed by atoms with Gasteiger partial charge in [0.1, 0.15) is 0 Å². The number of hydrogen-bond acceptors (Lipinski definition) is 3. The Morgan fingerprint density at radius 2 is 2.21 bits per heavy atom. The molecule has 0 unspecified atom stereocenters. The van der Waals surface area contributed by atoms with Crippen molar-refractivity contribution < 1.29 is 9.53 Å². The molecular formula is C15H20N2O2. The number of fused-ring (bicyclic) bond motifs is 1. The van der Waals surface area contributed by atoms with Crippen LogP contribution in [0.15, 0.2) is 30.5 Å². The number of aromatic amines is 1. The summed E-state index contributed by atoms with van der Waals surface area (Å²) in [5.74, 6) is -0.404. The van der Waals surface area contributed by atoms with Crippen LogP contribution in [0.1, 0.15) is 18.9 Å². The second-order valence-electron chi connectivity index (χ2n) is 4.58. The van der Waals surface area contributed by atoms with Crippen molar-refractivity contribution in [2.75, 3.05) is 13.2 Å². The van der Waals surface area contributed by atoms with Gasteiger partial charge in [-0.1, -0.05) is 18.2 Å². The van der Waals surface area contributed by atoms with Crippen molar-refractivity contribution in [1.29, 1.82) is 0 Å². The van der Waals surface area contributed by atoms with E-state index in [0.29, 0.717) is 13.2 Å². The second-order valence-corrected chi connectivity index (χ2v) is 4.58. The lowest BCUT2D eigenvalue weighted by Gasteiger charge is -2.12. The predicted octanol–water partition coefficient (Wildman–Crippen LogP) is 2.24. The molecule has 1 atom stereocenters. The minimum Gasteiger partial charge on any atom is -0.466 e. The Balaban J connectivity index is 2.03. The number of esters is 1. The van der Waals surface area contributed by atoms with Crippen LogP contribution in [-0.4, -0.2) is 24.1 Å². The molecule has 0 aliphatic heterocycles. The Morgan fingerprint density at radius 3 is 2.95 bits per heavy atom. The number of carbonyl (C=O) groups excluding carboxylic acids is 1. The Labute approximate surface area is 112 Å². The van der Waals surface area contributed by atoms with Crippen LogP contribution in [0, 0.1) is 5.92 Å². The number of nitrogens with one attached hydrogen (secondary N) is 1. The summed E-state index contributed by atoms with van der Waals surface area (Å²) in [4.78, 5) is 14.9. The number of H-pyrrole nitrogens is 1. The fourth-order valence-corrected chi connectivity index (χ4v) is 2.26. The molecule has 0 fully saturated rings. The van der Waals surface area contributed by atoms with Crippen LogP contribution >= 0.6 is 0 Å². The molecule has 0 saturated heterocycles. The van der Waals surface area contributed by atoms with Gasteiger partial charge in [-0.2, -0.15) is 0 Å². The van der Waals surface area contributed by atoms with Gasteiger partial charge in [0, 0.05) is 23.6 Å². The maximum Gasteiger partial charge on any atom is 0.310 e. The van der Waals surface area contributed by atoms with Gasteiger partial charge < -0.3 is 15.5 Å². The largest absolute Gasteiger partial charge is 0.466 e. The molecule has 3 N–H and O–H groups in total. The summed E-state index contributed by atoms with van der Waals surface area (Å²) in [6, 6.07) is 8.16. The lowest BCUT2D eigenvalue weighted by molar-refractivity contribution is -0.147. The summed E-state index contributed by atoms with van der Waals surface area (Å²) in [7, 11) is 0. The first-order valence-corrected chi connectivity index (χ1v) is 6.68. The first-order valence-electron chi connectivity index (χ1n) is 6.68. The van der Waals surface area contributed by atoms with Gasteiger partial charge in [0.15, 0.2) is 0 Å². The summed E-state index contributed by atoms with van der Waals surface area (Å²) in [6.07, 6.45) is 3.55. The lowest BCUT2D eigenvalue weighted by atomic mass is 9.99. The molecule has 2 aromatic rings. The number of rotatable bonds is 6. The molecule has 4 heteroatoms. The van der Waals surface area contributed by atoms with Crippen molar-refractivity contribution in [2.24, 2.45) is 11.7 Å². The van der Waals surface area contributed by atoms with Crippen molar-refractivity contribution >= 4 is 16.9 Å². The molecule has 0 radical (unpaired) electrons. The zero-order chi connectivity index (χ0) is 13.7. The van der Waals surface area contributed by atoms with E-state index in [-0.39, 0.29) is 11.9 Å². The summed E-state index contributed by atoms with van der Waals surface area (Å²) in [6.45, 7) is 2.55. The summed E-state index contributed by atoms with van der Waals surface area (Å²) in [5, 5.41) is 1.21. The highest BCUT2D eigenvalue weighted by Gasteiger charge is 2.18. The number of para-hydroxylation sites is 1. The van der Waals surface area contributed by atoms with Gasteiger partial charge in [-0.25, -0.2) is 0 Å². The van der Waals surface area contributed by atoms with E-state index in [1.54, 1.807) is 0 Å². The lowest BCUT2D eigenvalue weighted by Crippen LogP contribution is -2.26. The first kappa shape index (κ1) is 13.6. The number of aromatic nitrogens is 1. The Bertz CT molecular complexity index is 548. The molecule has 0 aliphatic carbocycles. The zero-order valence-electron chi connectivity index (χ0n) is 11.2. The van der Waals surface area contributed by atoms with Crippen LogP contribution in [0.5, 0.6) is 0 Å². The minimum absolute atomic E-state index is 0.190. The van der Waals surface area contributed by atoms with E-state index in [1.165, 1.54) is 10.9 Å². The van der Waals surface area contributed by atoms with E-state index < -0.39 is 0 Å². The molecule has 0 bridgehead atoms. The number of nitrogens with two attached hydrogens (primary N) is 1. The van der Waals surface area contributed by atoms with Gasteiger partial charge in [-0.05, 0) is 31.4 Å². The third-order valence-corrected chi connectivity index (χ3v) is 3.34. The van der Waals surface area contributed by atoms with Gasteiger partial charge >= 0.3 is 5.97 Å². The van der Waals surface area contributed by atoms with E-state index in [9.17, 15) is 4.79 Å². The summed E-state index contributed by atoms with van der Waals surface area (Å²) >= 11 is 0. The number of carbonyl (C=O) groups is 1. The molecule has 1 aromatic carbocycles. The maximum absolute atomic E-state index is 11.7. The Morgan fingerprint density at radius 1 is 1.42 bits per heavy atom. The van der Waals surface area contributed by atoms with E-state index in [0.717, 1.165) is 18.4 Å². The van der Waals surface area contributed by atoms with Gasteiger partial charge in [-0.15, -0.1) is 0 Å². The molecule has 4 nitrogen and oxygen atoms in total. The number of benzene rings is 1. The van der Waals surface area contributed by atoms with Crippen molar-refractivity contribution in [3.63, 3.8) is 0 Å². The van der Waals surface area contributed by atoms with Crippen molar-refractivity contribution in [1.82, 2.24) is 4.98 Å². The molecular weight excluding hydrogens is 240 g/mol. The fourth-order valence-electron chi connectivity index (χ4n) is 2.26. The first-order chi connectivity index (χ1) is 9.26. The van der Waals surface area contributed by atoms with Crippen LogP contribution in [0.25, 0.3) is 10.9 Å². The van der Waals surface area contributed by atoms with E-state index in [1.807, 2.05) is 31.3 Å². The number of ether oxygens (including phenoxy) is 1. The number of hydrogen-bond donors (Lipinski definition) is 2. The monoisotopic (exact) mass is 260 g/mol. The molecule has 0 amide bonds. The smallest absolute Gasteiger partial charge is 0.310 e. The zero-order valence-corrected chi connectivity index (χ0v) is 11.2. The topological polar surface area (TPSA) is 68.1 Å². The SMILES string of the molecule is CCOC(=O)[C@H](CN)CCc1c[nH]c2ccccc12. The highest BCUT2D eigenvalue weighted by molar-refractivity contribution is 5.83. The highest BCUT2D eigenvalue weighted by atomic mass is 16.5. The molecule has 1 heterocycles. The third-order valence-electron chi connectivity index (χ3n) is 3.34. The average Bonchev–Trinajstić information content (AvgIpc) is 2.83. The third kappa shape index (κ3) is 3.15. The van der Waals surface area contributed by atoms with Gasteiger partial charge in [0.2, 0.25) is 0 Å². The Hall–Kier alpha value is -1.81. The second kappa shape index (κ2) is 6.38. The minimum atomic E-state index is -0.214. The normalized spacial score (nSPS) is 12.5. The molecule has 1 aromatic heterocycles. The standard InChI is InChI=1S/C15H20N2O2/c1-2-19-15(18)11(9-16)7-8-12-10-17-14-6-4-3-5-13(12)14/h3-6,10-11,17H,2,7-9,16H2,1H3/t11-/m0/s1. The van der Waals surface area contributed by atoms with Crippen LogP contribution in [-0.2, 0) is 16.0 Å². The van der Waals surface area contributed by atoms with Crippen molar-refractivity contribution in [2.45, 2.75) is 19.8 Å². The highest BCUT2D eigenvalue weighted by Crippen LogP contribution is 2.20. The van der Waals surface area contributed by atoms with Gasteiger partial charge in [0.05, 0.1) is 12.5 Å². The van der Waals surface area contributed by atoms with Crippen molar-refractivity contribution in [3.8, 4) is 0 Å². The van der Waals surface area contributed by atoms with Crippen molar-refractivity contribution in [3.05, 3.63) is 36.0 Å². The molecule has 0 aliphatic rings. The molecule has 2 rings (SSSR count). The number of aryl methyl sites for hydroxylation is 1. The van der Waals surface area contributed by atoms with Crippen LogP contribution < -0.4 is 5.73 Å². The summed E-state index contributed by atoms with van der Waals surface area (Å²) < 4.78 is 5.03. The predicted molar refractivity (Wildman–Crippen MR) is 75.8 cm³/mol. The van der Waals surface area contributed by atoms with Crippen LogP contribution in [0.2, 0.25) is 0 Å². The molecule has 0 spiro atoms. The maximum atomic E-state index is 11.7. The van der Waals surface area contributed by atoms with E-state index in [2.05, 4.69) is 11.1 Å².